The maximum Gasteiger partial charge on any atom is 0.308 e. The number of thiazole rings is 1. The van der Waals surface area contributed by atoms with Crippen molar-refractivity contribution in [2.75, 3.05) is 24.2 Å². The second-order valence-electron chi connectivity index (χ2n) is 8.39. The summed E-state index contributed by atoms with van der Waals surface area (Å²) in [5.74, 6) is -0.488. The molecule has 1 aliphatic rings. The number of nitrogens with zero attached hydrogens (tertiary/aromatic N) is 2. The third kappa shape index (κ3) is 5.54. The van der Waals surface area contributed by atoms with Crippen molar-refractivity contribution < 1.29 is 13.2 Å². The number of benzene rings is 2. The highest BCUT2D eigenvalue weighted by molar-refractivity contribution is 7.89. The van der Waals surface area contributed by atoms with Crippen molar-refractivity contribution in [2.24, 2.45) is 5.92 Å². The molecule has 3 aromatic rings. The molecule has 1 atom stereocenters. The average molecular weight is 488 g/mol. The topological polar surface area (TPSA) is 88.5 Å². The van der Waals surface area contributed by atoms with E-state index in [2.05, 4.69) is 5.32 Å². The lowest BCUT2D eigenvalue weighted by Gasteiger charge is -2.31. The van der Waals surface area contributed by atoms with Crippen molar-refractivity contribution in [2.45, 2.75) is 39.2 Å². The number of sulfonamides is 1. The van der Waals surface area contributed by atoms with Gasteiger partial charge < -0.3 is 5.32 Å². The summed E-state index contributed by atoms with van der Waals surface area (Å²) in [5.41, 5.74) is 2.61. The Bertz CT molecular complexity index is 1280. The average Bonchev–Trinajstić information content (AvgIpc) is 3.13. The van der Waals surface area contributed by atoms with Crippen LogP contribution < -0.4 is 10.2 Å². The van der Waals surface area contributed by atoms with E-state index in [0.717, 1.165) is 27.1 Å². The molecule has 0 bridgehead atoms. The zero-order valence-corrected chi connectivity index (χ0v) is 20.3. The lowest BCUT2D eigenvalue weighted by Crippen LogP contribution is -2.44. The summed E-state index contributed by atoms with van der Waals surface area (Å²) in [5, 5.41) is 2.92. The van der Waals surface area contributed by atoms with Crippen molar-refractivity contribution >= 4 is 43.2 Å². The van der Waals surface area contributed by atoms with E-state index in [9.17, 15) is 18.0 Å². The van der Waals surface area contributed by atoms with Crippen LogP contribution >= 0.6 is 11.3 Å². The number of nitrogens with one attached hydrogen (secondary N) is 1. The van der Waals surface area contributed by atoms with Crippen LogP contribution in [0.2, 0.25) is 0 Å². The van der Waals surface area contributed by atoms with Gasteiger partial charge in [-0.1, -0.05) is 41.7 Å². The second kappa shape index (κ2) is 10.2. The van der Waals surface area contributed by atoms with E-state index in [1.165, 1.54) is 4.31 Å². The molecule has 1 N–H and O–H groups in total. The zero-order chi connectivity index (χ0) is 23.4. The fraction of sp³-hybridized carbons (Fsp3) is 0.417. The molecule has 0 saturated carbocycles. The van der Waals surface area contributed by atoms with Gasteiger partial charge in [0.2, 0.25) is 15.9 Å². The van der Waals surface area contributed by atoms with Crippen molar-refractivity contribution in [3.8, 4) is 0 Å². The molecule has 0 aliphatic carbocycles. The molecule has 33 heavy (non-hydrogen) atoms. The van der Waals surface area contributed by atoms with Crippen LogP contribution in [0.4, 0.5) is 5.69 Å². The number of fused-ring (bicyclic) bond motifs is 1. The Morgan fingerprint density at radius 3 is 2.73 bits per heavy atom. The standard InChI is InChI=1S/C24H29N3O4S2/c1-2-27-21-13-12-20(16-22(21)32-24(27)29)25-23(28)19-11-6-14-26(17-19)33(30,31)15-7-10-18-8-4-3-5-9-18/h3-5,8-9,12-13,16,19H,2,6-7,10-11,14-15,17H2,1H3,(H,25,28). The van der Waals surface area contributed by atoms with Crippen LogP contribution in [0, 0.1) is 5.92 Å². The maximum absolute atomic E-state index is 12.9. The van der Waals surface area contributed by atoms with Gasteiger partial charge >= 0.3 is 4.87 Å². The number of rotatable bonds is 8. The Labute approximate surface area is 198 Å². The third-order valence-electron chi connectivity index (χ3n) is 6.11. The summed E-state index contributed by atoms with van der Waals surface area (Å²) in [4.78, 5) is 25.0. The van der Waals surface area contributed by atoms with E-state index in [0.29, 0.717) is 44.5 Å². The van der Waals surface area contributed by atoms with Gasteiger partial charge in [-0.3, -0.25) is 14.2 Å². The molecule has 7 nitrogen and oxygen atoms in total. The molecule has 9 heteroatoms. The van der Waals surface area contributed by atoms with E-state index in [1.807, 2.05) is 49.4 Å². The van der Waals surface area contributed by atoms with E-state index in [1.54, 1.807) is 10.6 Å². The van der Waals surface area contributed by atoms with E-state index in [-0.39, 0.29) is 23.1 Å². The normalized spacial score (nSPS) is 17.3. The van der Waals surface area contributed by atoms with Gasteiger partial charge in [-0.15, -0.1) is 0 Å². The van der Waals surface area contributed by atoms with Gasteiger partial charge in [0.25, 0.3) is 0 Å². The SMILES string of the molecule is CCn1c(=O)sc2cc(NC(=O)C3CCCN(S(=O)(=O)CCCc4ccccc4)C3)ccc21. The molecule has 0 radical (unpaired) electrons. The van der Waals surface area contributed by atoms with Crippen LogP contribution in [0.15, 0.2) is 53.3 Å². The first-order chi connectivity index (χ1) is 15.9. The van der Waals surface area contributed by atoms with Crippen molar-refractivity contribution in [3.05, 3.63) is 63.8 Å². The van der Waals surface area contributed by atoms with Crippen LogP contribution in [-0.2, 0) is 27.8 Å². The smallest absolute Gasteiger partial charge is 0.308 e. The van der Waals surface area contributed by atoms with Gasteiger partial charge in [-0.25, -0.2) is 12.7 Å². The molecule has 1 aromatic heterocycles. The number of hydrogen-bond donors (Lipinski definition) is 1. The van der Waals surface area contributed by atoms with Crippen LogP contribution in [0.5, 0.6) is 0 Å². The molecule has 176 valence electrons. The largest absolute Gasteiger partial charge is 0.326 e. The summed E-state index contributed by atoms with van der Waals surface area (Å²) >= 11 is 1.16. The van der Waals surface area contributed by atoms with E-state index >= 15 is 0 Å². The van der Waals surface area contributed by atoms with Gasteiger partial charge in [-0.2, -0.15) is 0 Å². The molecule has 2 heterocycles. The van der Waals surface area contributed by atoms with Crippen LogP contribution in [-0.4, -0.2) is 42.0 Å². The Balaban J connectivity index is 1.36. The second-order valence-corrected chi connectivity index (χ2v) is 11.5. The van der Waals surface area contributed by atoms with Gasteiger partial charge in [0.05, 0.1) is 21.9 Å². The minimum atomic E-state index is -3.41. The van der Waals surface area contributed by atoms with Gasteiger partial charge in [0, 0.05) is 25.3 Å². The molecule has 1 saturated heterocycles. The van der Waals surface area contributed by atoms with Crippen LogP contribution in [0.25, 0.3) is 10.2 Å². The lowest BCUT2D eigenvalue weighted by molar-refractivity contribution is -0.120. The van der Waals surface area contributed by atoms with Gasteiger partial charge in [-0.05, 0) is 56.4 Å². The molecule has 1 fully saturated rings. The molecule has 0 spiro atoms. The number of aryl methyl sites for hydroxylation is 2. The fourth-order valence-corrected chi connectivity index (χ4v) is 6.91. The lowest BCUT2D eigenvalue weighted by atomic mass is 9.98. The molecule has 4 rings (SSSR count). The number of anilines is 1. The van der Waals surface area contributed by atoms with Crippen molar-refractivity contribution in [1.29, 1.82) is 0 Å². The first-order valence-corrected chi connectivity index (χ1v) is 13.8. The Hall–Kier alpha value is -2.49. The number of carbonyl (C=O) groups is 1. The fourth-order valence-electron chi connectivity index (χ4n) is 4.33. The number of aromatic nitrogens is 1. The summed E-state index contributed by atoms with van der Waals surface area (Å²) in [6, 6.07) is 15.3. The number of piperidine rings is 1. The predicted octanol–water partition coefficient (Wildman–Crippen LogP) is 3.70. The van der Waals surface area contributed by atoms with E-state index < -0.39 is 15.9 Å². The van der Waals surface area contributed by atoms with Crippen LogP contribution in [0.3, 0.4) is 0 Å². The highest BCUT2D eigenvalue weighted by Gasteiger charge is 2.32. The molecular weight excluding hydrogens is 458 g/mol. The zero-order valence-electron chi connectivity index (χ0n) is 18.7. The predicted molar refractivity (Wildman–Crippen MR) is 133 cm³/mol. The van der Waals surface area contributed by atoms with Crippen LogP contribution in [0.1, 0.15) is 31.7 Å². The molecule has 2 aromatic carbocycles. The monoisotopic (exact) mass is 487 g/mol. The van der Waals surface area contributed by atoms with Gasteiger partial charge in [0.15, 0.2) is 0 Å². The third-order valence-corrected chi connectivity index (χ3v) is 8.98. The summed E-state index contributed by atoms with van der Waals surface area (Å²) in [7, 11) is -3.41. The molecular formula is C24H29N3O4S2. The molecule has 1 aliphatic heterocycles. The Morgan fingerprint density at radius 2 is 1.97 bits per heavy atom. The summed E-state index contributed by atoms with van der Waals surface area (Å²) in [6.45, 7) is 3.19. The minimum Gasteiger partial charge on any atom is -0.326 e. The number of hydrogen-bond acceptors (Lipinski definition) is 5. The van der Waals surface area contributed by atoms with Gasteiger partial charge in [0.1, 0.15) is 0 Å². The minimum absolute atomic E-state index is 0.0173. The van der Waals surface area contributed by atoms with E-state index in [4.69, 9.17) is 0 Å². The molecule has 1 unspecified atom stereocenters. The number of amides is 1. The summed E-state index contributed by atoms with van der Waals surface area (Å²) in [6.07, 6.45) is 2.59. The Kier molecular flexibility index (Phi) is 7.31. The first kappa shape index (κ1) is 23.7. The molecule has 1 amide bonds. The highest BCUT2D eigenvalue weighted by Crippen LogP contribution is 2.25. The summed E-state index contributed by atoms with van der Waals surface area (Å²) < 4.78 is 29.8. The maximum atomic E-state index is 12.9. The van der Waals surface area contributed by atoms with Crippen molar-refractivity contribution in [3.63, 3.8) is 0 Å². The van der Waals surface area contributed by atoms with Crippen molar-refractivity contribution in [1.82, 2.24) is 8.87 Å². The quantitative estimate of drug-likeness (QED) is 0.525. The first-order valence-electron chi connectivity index (χ1n) is 11.3. The number of carbonyl (C=O) groups excluding carboxylic acids is 1. The Morgan fingerprint density at radius 1 is 1.18 bits per heavy atom. The highest BCUT2D eigenvalue weighted by atomic mass is 32.2.